The van der Waals surface area contributed by atoms with E-state index in [-0.39, 0.29) is 0 Å². The second-order valence-electron chi connectivity index (χ2n) is 7.19. The zero-order valence-corrected chi connectivity index (χ0v) is 16.2. The molecule has 2 N–H and O–H groups in total. The molecule has 1 heteroatoms. The van der Waals surface area contributed by atoms with Gasteiger partial charge in [0.15, 0.2) is 0 Å². The van der Waals surface area contributed by atoms with Crippen molar-refractivity contribution in [1.29, 1.82) is 0 Å². The molecule has 4 rings (SSSR count). The lowest BCUT2D eigenvalue weighted by Gasteiger charge is -2.10. The molecule has 1 nitrogen and oxygen atoms in total. The summed E-state index contributed by atoms with van der Waals surface area (Å²) in [6, 6.07) is 27.9. The van der Waals surface area contributed by atoms with Gasteiger partial charge in [-0.2, -0.15) is 0 Å². The van der Waals surface area contributed by atoms with E-state index in [1.54, 1.807) is 0 Å². The van der Waals surface area contributed by atoms with E-state index in [0.29, 0.717) is 12.5 Å². The van der Waals surface area contributed by atoms with Crippen molar-refractivity contribution in [2.75, 3.05) is 6.54 Å². The lowest BCUT2D eigenvalue weighted by Crippen LogP contribution is -2.27. The third-order valence-electron chi connectivity index (χ3n) is 5.15. The maximum absolute atomic E-state index is 5.89. The second kappa shape index (κ2) is 8.24. The highest BCUT2D eigenvalue weighted by Crippen LogP contribution is 2.22. The standard InChI is InChI=1S/C27H25N/c1-20-12-14-26(22-10-6-3-7-11-22)27-15-13-23(19-24(27)18-20)25(16-17-28)21-8-4-2-5-9-21/h2-16,18-20H,17,28H2,1H3/b25-16-. The molecule has 0 saturated heterocycles. The SMILES string of the molecule is CC1C=CC(c2ccccc2)=c2ccc(/C(=C\CN)c3ccccc3)cc2=C1. The molecule has 3 aromatic rings. The molecule has 0 radical (unpaired) electrons. The highest BCUT2D eigenvalue weighted by atomic mass is 14.5. The van der Waals surface area contributed by atoms with Gasteiger partial charge >= 0.3 is 0 Å². The molecule has 0 saturated carbocycles. The van der Waals surface area contributed by atoms with Crippen LogP contribution in [0.5, 0.6) is 0 Å². The maximum atomic E-state index is 5.89. The van der Waals surface area contributed by atoms with Crippen LogP contribution >= 0.6 is 0 Å². The van der Waals surface area contributed by atoms with Crippen LogP contribution in [0.1, 0.15) is 23.6 Å². The van der Waals surface area contributed by atoms with Crippen LogP contribution < -0.4 is 16.2 Å². The van der Waals surface area contributed by atoms with E-state index in [2.05, 4.69) is 104 Å². The summed E-state index contributed by atoms with van der Waals surface area (Å²) < 4.78 is 0. The van der Waals surface area contributed by atoms with Crippen molar-refractivity contribution >= 4 is 17.2 Å². The van der Waals surface area contributed by atoms with Crippen LogP contribution in [0.3, 0.4) is 0 Å². The van der Waals surface area contributed by atoms with E-state index in [0.717, 1.165) is 0 Å². The Balaban J connectivity index is 1.93. The Kier molecular flexibility index (Phi) is 5.36. The number of hydrogen-bond acceptors (Lipinski definition) is 1. The molecule has 28 heavy (non-hydrogen) atoms. The van der Waals surface area contributed by atoms with Gasteiger partial charge in [0.2, 0.25) is 0 Å². The number of hydrogen-bond donors (Lipinski definition) is 1. The Labute approximate surface area is 166 Å². The Morgan fingerprint density at radius 2 is 1.61 bits per heavy atom. The molecular weight excluding hydrogens is 338 g/mol. The van der Waals surface area contributed by atoms with Gasteiger partial charge in [-0.3, -0.25) is 0 Å². The number of rotatable bonds is 4. The molecule has 0 bridgehead atoms. The lowest BCUT2D eigenvalue weighted by atomic mass is 9.95. The summed E-state index contributed by atoms with van der Waals surface area (Å²) >= 11 is 0. The van der Waals surface area contributed by atoms with Crippen molar-refractivity contribution in [2.24, 2.45) is 11.7 Å². The monoisotopic (exact) mass is 363 g/mol. The average Bonchev–Trinajstić information content (AvgIpc) is 2.91. The van der Waals surface area contributed by atoms with Gasteiger partial charge in [0.1, 0.15) is 0 Å². The molecule has 0 fully saturated rings. The van der Waals surface area contributed by atoms with Gasteiger partial charge in [0.05, 0.1) is 0 Å². The highest BCUT2D eigenvalue weighted by Gasteiger charge is 2.09. The third-order valence-corrected chi connectivity index (χ3v) is 5.15. The summed E-state index contributed by atoms with van der Waals surface area (Å²) in [7, 11) is 0. The van der Waals surface area contributed by atoms with Crippen molar-refractivity contribution in [3.63, 3.8) is 0 Å². The van der Waals surface area contributed by atoms with E-state index in [9.17, 15) is 0 Å². The van der Waals surface area contributed by atoms with Gasteiger partial charge in [0.25, 0.3) is 0 Å². The third kappa shape index (κ3) is 3.76. The van der Waals surface area contributed by atoms with Crippen LogP contribution in [0.2, 0.25) is 0 Å². The predicted octanol–water partition coefficient (Wildman–Crippen LogP) is 4.26. The number of nitrogens with two attached hydrogens (primary N) is 1. The van der Waals surface area contributed by atoms with Crippen LogP contribution in [0.4, 0.5) is 0 Å². The minimum absolute atomic E-state index is 0.383. The molecule has 0 aliphatic heterocycles. The number of benzene rings is 3. The minimum Gasteiger partial charge on any atom is -0.327 e. The Morgan fingerprint density at radius 1 is 0.893 bits per heavy atom. The second-order valence-corrected chi connectivity index (χ2v) is 7.19. The fraction of sp³-hybridized carbons (Fsp3) is 0.111. The van der Waals surface area contributed by atoms with E-state index < -0.39 is 0 Å². The van der Waals surface area contributed by atoms with E-state index in [1.165, 1.54) is 38.3 Å². The first kappa shape index (κ1) is 18.2. The summed E-state index contributed by atoms with van der Waals surface area (Å²) in [5, 5.41) is 2.54. The topological polar surface area (TPSA) is 26.0 Å². The minimum atomic E-state index is 0.383. The maximum Gasteiger partial charge on any atom is 0.0116 e. The van der Waals surface area contributed by atoms with Crippen molar-refractivity contribution in [3.8, 4) is 0 Å². The van der Waals surface area contributed by atoms with Crippen LogP contribution in [0.25, 0.3) is 17.2 Å². The van der Waals surface area contributed by atoms with Crippen LogP contribution in [0, 0.1) is 5.92 Å². The fourth-order valence-corrected chi connectivity index (χ4v) is 3.80. The molecule has 0 amide bonds. The predicted molar refractivity (Wildman–Crippen MR) is 120 cm³/mol. The van der Waals surface area contributed by atoms with Crippen LogP contribution in [0.15, 0.2) is 97.1 Å². The molecule has 1 aliphatic rings. The summed E-state index contributed by atoms with van der Waals surface area (Å²) in [5.74, 6) is 0.383. The first-order valence-corrected chi connectivity index (χ1v) is 9.82. The molecule has 0 aromatic heterocycles. The lowest BCUT2D eigenvalue weighted by molar-refractivity contribution is 0.998. The quantitative estimate of drug-likeness (QED) is 0.736. The van der Waals surface area contributed by atoms with Gasteiger partial charge in [-0.15, -0.1) is 0 Å². The Hall–Kier alpha value is -3.16. The zero-order chi connectivity index (χ0) is 19.3. The average molecular weight is 364 g/mol. The van der Waals surface area contributed by atoms with Crippen molar-refractivity contribution in [3.05, 3.63) is 124 Å². The van der Waals surface area contributed by atoms with Gasteiger partial charge in [0, 0.05) is 6.54 Å². The normalized spacial score (nSPS) is 16.3. The van der Waals surface area contributed by atoms with Gasteiger partial charge in [-0.05, 0) is 50.3 Å². The van der Waals surface area contributed by atoms with Crippen molar-refractivity contribution in [2.45, 2.75) is 6.92 Å². The molecule has 3 aromatic carbocycles. The molecule has 0 heterocycles. The van der Waals surface area contributed by atoms with Gasteiger partial charge < -0.3 is 5.73 Å². The summed E-state index contributed by atoms with van der Waals surface area (Å²) in [6.07, 6.45) is 8.99. The molecule has 1 unspecified atom stereocenters. The van der Waals surface area contributed by atoms with E-state index in [4.69, 9.17) is 5.73 Å². The van der Waals surface area contributed by atoms with E-state index >= 15 is 0 Å². The Morgan fingerprint density at radius 3 is 2.32 bits per heavy atom. The molecule has 1 aliphatic carbocycles. The van der Waals surface area contributed by atoms with Gasteiger partial charge in [-0.1, -0.05) is 104 Å². The number of allylic oxidation sites excluding steroid dienone is 2. The highest BCUT2D eigenvalue weighted by molar-refractivity contribution is 5.81. The first-order valence-electron chi connectivity index (χ1n) is 9.82. The molecule has 138 valence electrons. The zero-order valence-electron chi connectivity index (χ0n) is 16.2. The smallest absolute Gasteiger partial charge is 0.0116 e. The number of fused-ring (bicyclic) bond motifs is 1. The summed E-state index contributed by atoms with van der Waals surface area (Å²) in [4.78, 5) is 0. The van der Waals surface area contributed by atoms with Gasteiger partial charge in [-0.25, -0.2) is 0 Å². The fourth-order valence-electron chi connectivity index (χ4n) is 3.80. The first-order chi connectivity index (χ1) is 13.8. The van der Waals surface area contributed by atoms with Crippen molar-refractivity contribution < 1.29 is 0 Å². The van der Waals surface area contributed by atoms with Crippen LogP contribution in [-0.2, 0) is 0 Å². The summed E-state index contributed by atoms with van der Waals surface area (Å²) in [6.45, 7) is 2.75. The van der Waals surface area contributed by atoms with Crippen LogP contribution in [-0.4, -0.2) is 6.54 Å². The van der Waals surface area contributed by atoms with E-state index in [1.807, 2.05) is 6.07 Å². The molecule has 0 spiro atoms. The molecule has 1 atom stereocenters. The Bertz CT molecular complexity index is 1140. The largest absolute Gasteiger partial charge is 0.327 e. The summed E-state index contributed by atoms with van der Waals surface area (Å²) in [5.41, 5.74) is 12.0. The van der Waals surface area contributed by atoms with Crippen molar-refractivity contribution in [1.82, 2.24) is 0 Å². The molecular formula is C27H25N.